The fourth-order valence-corrected chi connectivity index (χ4v) is 3.50. The van der Waals surface area contributed by atoms with Gasteiger partial charge in [0.15, 0.2) is 0 Å². The van der Waals surface area contributed by atoms with Gasteiger partial charge in [-0.25, -0.2) is 17.7 Å². The molecular weight excluding hydrogens is 292 g/mol. The summed E-state index contributed by atoms with van der Waals surface area (Å²) >= 11 is 0. The van der Waals surface area contributed by atoms with Crippen molar-refractivity contribution in [3.8, 4) is 0 Å². The van der Waals surface area contributed by atoms with Crippen molar-refractivity contribution in [2.24, 2.45) is 0 Å². The van der Waals surface area contributed by atoms with Crippen LogP contribution in [0, 0.1) is 6.92 Å². The minimum absolute atomic E-state index is 0.00597. The maximum absolute atomic E-state index is 12.6. The van der Waals surface area contributed by atoms with E-state index in [1.54, 1.807) is 17.3 Å². The summed E-state index contributed by atoms with van der Waals surface area (Å²) in [7, 11) is -3.19. The monoisotopic (exact) mass is 314 g/mol. The van der Waals surface area contributed by atoms with Crippen molar-refractivity contribution in [1.29, 1.82) is 0 Å². The smallest absolute Gasteiger partial charge is 0.245 e. The predicted molar refractivity (Wildman–Crippen MR) is 79.3 cm³/mol. The molecule has 1 amide bonds. The van der Waals surface area contributed by atoms with E-state index in [0.29, 0.717) is 32.6 Å². The molecule has 1 aromatic rings. The molecule has 1 aromatic heterocycles. The lowest BCUT2D eigenvalue weighted by Gasteiger charge is -2.25. The molecule has 0 radical (unpaired) electrons. The van der Waals surface area contributed by atoms with Crippen LogP contribution in [-0.2, 0) is 14.8 Å². The topological polar surface area (TPSA) is 75.5 Å². The average Bonchev–Trinajstić information content (AvgIpc) is 2.69. The van der Waals surface area contributed by atoms with Gasteiger partial charge in [0.1, 0.15) is 11.9 Å². The number of sulfonamides is 1. The standard InChI is InChI=1S/C13H22N4O3S/c1-11(17-8-5-14-12(17)2)13(18)15-6-4-7-16(10-9-15)21(3,19)20/h5,8,11H,4,6-7,9-10H2,1-3H3. The van der Waals surface area contributed by atoms with Gasteiger partial charge in [0.25, 0.3) is 0 Å². The molecule has 21 heavy (non-hydrogen) atoms. The second-order valence-electron chi connectivity index (χ2n) is 5.40. The van der Waals surface area contributed by atoms with Crippen LogP contribution in [0.2, 0.25) is 0 Å². The fourth-order valence-electron chi connectivity index (χ4n) is 2.63. The van der Waals surface area contributed by atoms with Gasteiger partial charge in [-0.3, -0.25) is 4.79 Å². The van der Waals surface area contributed by atoms with Gasteiger partial charge in [0.05, 0.1) is 6.26 Å². The van der Waals surface area contributed by atoms with E-state index in [4.69, 9.17) is 0 Å². The first kappa shape index (κ1) is 16.0. The number of rotatable bonds is 3. The van der Waals surface area contributed by atoms with Gasteiger partial charge in [-0.2, -0.15) is 0 Å². The molecular formula is C13H22N4O3S. The second-order valence-corrected chi connectivity index (χ2v) is 7.38. The van der Waals surface area contributed by atoms with Gasteiger partial charge < -0.3 is 9.47 Å². The molecule has 0 saturated carbocycles. The summed E-state index contributed by atoms with van der Waals surface area (Å²) in [6.45, 7) is 5.56. The Hall–Kier alpha value is -1.41. The molecule has 0 aromatic carbocycles. The van der Waals surface area contributed by atoms with Crippen LogP contribution in [0.25, 0.3) is 0 Å². The van der Waals surface area contributed by atoms with Crippen molar-refractivity contribution in [3.05, 3.63) is 18.2 Å². The van der Waals surface area contributed by atoms with Crippen molar-refractivity contribution < 1.29 is 13.2 Å². The van der Waals surface area contributed by atoms with E-state index in [1.165, 1.54) is 10.6 Å². The lowest BCUT2D eigenvalue weighted by atomic mass is 10.2. The molecule has 2 rings (SSSR count). The molecule has 7 nitrogen and oxygen atoms in total. The summed E-state index contributed by atoms with van der Waals surface area (Å²) in [6.07, 6.45) is 5.34. The Morgan fingerprint density at radius 1 is 1.29 bits per heavy atom. The van der Waals surface area contributed by atoms with Crippen LogP contribution in [0.15, 0.2) is 12.4 Å². The van der Waals surface area contributed by atoms with E-state index in [1.807, 2.05) is 18.4 Å². The molecule has 118 valence electrons. The van der Waals surface area contributed by atoms with Crippen molar-refractivity contribution >= 4 is 15.9 Å². The molecule has 0 bridgehead atoms. The van der Waals surface area contributed by atoms with Crippen LogP contribution < -0.4 is 0 Å². The summed E-state index contributed by atoms with van der Waals surface area (Å²) in [5, 5.41) is 0. The number of hydrogen-bond donors (Lipinski definition) is 0. The van der Waals surface area contributed by atoms with Gasteiger partial charge in [-0.15, -0.1) is 0 Å². The van der Waals surface area contributed by atoms with Gasteiger partial charge in [0, 0.05) is 38.6 Å². The molecule has 0 aliphatic carbocycles. The maximum Gasteiger partial charge on any atom is 0.245 e. The average molecular weight is 314 g/mol. The van der Waals surface area contributed by atoms with Crippen LogP contribution in [-0.4, -0.2) is 65.5 Å². The highest BCUT2D eigenvalue weighted by atomic mass is 32.2. The molecule has 8 heteroatoms. The van der Waals surface area contributed by atoms with Crippen molar-refractivity contribution in [3.63, 3.8) is 0 Å². The van der Waals surface area contributed by atoms with E-state index >= 15 is 0 Å². The minimum atomic E-state index is -3.19. The Labute approximate surface area is 125 Å². The Morgan fingerprint density at radius 3 is 2.57 bits per heavy atom. The lowest BCUT2D eigenvalue weighted by Crippen LogP contribution is -2.39. The first-order valence-corrected chi connectivity index (χ1v) is 8.89. The number of aromatic nitrogens is 2. The third kappa shape index (κ3) is 3.62. The maximum atomic E-state index is 12.6. The minimum Gasteiger partial charge on any atom is -0.340 e. The highest BCUT2D eigenvalue weighted by molar-refractivity contribution is 7.88. The number of carbonyl (C=O) groups is 1. The van der Waals surface area contributed by atoms with Crippen LogP contribution in [0.5, 0.6) is 0 Å². The predicted octanol–water partition coefficient (Wildman–Crippen LogP) is 0.246. The van der Waals surface area contributed by atoms with Crippen LogP contribution in [0.3, 0.4) is 0 Å². The molecule has 1 atom stereocenters. The van der Waals surface area contributed by atoms with E-state index in [9.17, 15) is 13.2 Å². The van der Waals surface area contributed by atoms with E-state index in [0.717, 1.165) is 5.82 Å². The van der Waals surface area contributed by atoms with Crippen molar-refractivity contribution in [2.75, 3.05) is 32.4 Å². The van der Waals surface area contributed by atoms with Crippen molar-refractivity contribution in [2.45, 2.75) is 26.3 Å². The van der Waals surface area contributed by atoms with E-state index in [2.05, 4.69) is 4.98 Å². The first-order valence-electron chi connectivity index (χ1n) is 7.04. The van der Waals surface area contributed by atoms with E-state index < -0.39 is 10.0 Å². The van der Waals surface area contributed by atoms with Gasteiger partial charge in [-0.1, -0.05) is 0 Å². The SMILES string of the molecule is Cc1nccn1C(C)C(=O)N1CCCN(S(C)(=O)=O)CC1. The largest absolute Gasteiger partial charge is 0.340 e. The summed E-state index contributed by atoms with van der Waals surface area (Å²) < 4.78 is 26.5. The molecule has 0 spiro atoms. The zero-order valence-corrected chi connectivity index (χ0v) is 13.5. The molecule has 0 N–H and O–H groups in total. The number of aryl methyl sites for hydroxylation is 1. The first-order chi connectivity index (χ1) is 9.80. The number of nitrogens with zero attached hydrogens (tertiary/aromatic N) is 4. The molecule has 2 heterocycles. The zero-order valence-electron chi connectivity index (χ0n) is 12.7. The number of amides is 1. The normalized spacial score (nSPS) is 19.3. The highest BCUT2D eigenvalue weighted by Gasteiger charge is 2.27. The van der Waals surface area contributed by atoms with E-state index in [-0.39, 0.29) is 11.9 Å². The van der Waals surface area contributed by atoms with Gasteiger partial charge >= 0.3 is 0 Å². The van der Waals surface area contributed by atoms with Crippen molar-refractivity contribution in [1.82, 2.24) is 18.8 Å². The summed E-state index contributed by atoms with van der Waals surface area (Å²) in [5.74, 6) is 0.801. The second kappa shape index (κ2) is 6.15. The van der Waals surface area contributed by atoms with Gasteiger partial charge in [0.2, 0.25) is 15.9 Å². The third-order valence-electron chi connectivity index (χ3n) is 3.87. The lowest BCUT2D eigenvalue weighted by molar-refractivity contribution is -0.134. The third-order valence-corrected chi connectivity index (χ3v) is 5.18. The Morgan fingerprint density at radius 2 is 2.00 bits per heavy atom. The Balaban J connectivity index is 2.05. The molecule has 1 saturated heterocycles. The summed E-state index contributed by atoms with van der Waals surface area (Å²) in [6, 6.07) is -0.322. The zero-order chi connectivity index (χ0) is 15.6. The molecule has 1 fully saturated rings. The molecule has 1 aliphatic rings. The number of carbonyl (C=O) groups excluding carboxylic acids is 1. The van der Waals surface area contributed by atoms with Crippen LogP contribution in [0.1, 0.15) is 25.2 Å². The summed E-state index contributed by atoms with van der Waals surface area (Å²) in [5.41, 5.74) is 0. The Kier molecular flexibility index (Phi) is 4.67. The fraction of sp³-hybridized carbons (Fsp3) is 0.692. The quantitative estimate of drug-likeness (QED) is 0.801. The van der Waals surface area contributed by atoms with Crippen LogP contribution in [0.4, 0.5) is 0 Å². The molecule has 1 unspecified atom stereocenters. The van der Waals surface area contributed by atoms with Crippen LogP contribution >= 0.6 is 0 Å². The highest BCUT2D eigenvalue weighted by Crippen LogP contribution is 2.15. The Bertz CT molecular complexity index is 611. The van der Waals surface area contributed by atoms with Gasteiger partial charge in [-0.05, 0) is 20.3 Å². The molecule has 1 aliphatic heterocycles. The summed E-state index contributed by atoms with van der Waals surface area (Å²) in [4.78, 5) is 18.4. The number of imidazole rings is 1. The number of hydrogen-bond acceptors (Lipinski definition) is 4.